The van der Waals surface area contributed by atoms with Gasteiger partial charge in [-0.15, -0.1) is 0 Å². The summed E-state index contributed by atoms with van der Waals surface area (Å²) in [7, 11) is 0. The van der Waals surface area contributed by atoms with Crippen LogP contribution in [0.1, 0.15) is 45.5 Å². The highest BCUT2D eigenvalue weighted by molar-refractivity contribution is 5.95. The zero-order valence-corrected chi connectivity index (χ0v) is 14.9. The maximum absolute atomic E-state index is 12.6. The molecule has 0 fully saturated rings. The molecule has 0 spiro atoms. The van der Waals surface area contributed by atoms with Crippen LogP contribution >= 0.6 is 0 Å². The van der Waals surface area contributed by atoms with Crippen molar-refractivity contribution in [3.63, 3.8) is 0 Å². The van der Waals surface area contributed by atoms with Crippen LogP contribution in [0.25, 0.3) is 11.0 Å². The summed E-state index contributed by atoms with van der Waals surface area (Å²) in [4.78, 5) is 24.9. The van der Waals surface area contributed by atoms with Crippen molar-refractivity contribution in [1.29, 1.82) is 0 Å². The number of fused-ring (bicyclic) bond motifs is 3. The van der Waals surface area contributed by atoms with Crippen molar-refractivity contribution in [2.75, 3.05) is 0 Å². The van der Waals surface area contributed by atoms with Gasteiger partial charge >= 0.3 is 11.6 Å². The third kappa shape index (κ3) is 2.92. The highest BCUT2D eigenvalue weighted by Gasteiger charge is 2.22. The number of ether oxygens (including phenoxy) is 1. The lowest BCUT2D eigenvalue weighted by Crippen LogP contribution is -2.17. The zero-order chi connectivity index (χ0) is 18.3. The molecule has 0 amide bonds. The molecule has 4 rings (SSSR count). The fraction of sp³-hybridized carbons (Fsp3) is 0.273. The number of aryl methyl sites for hydroxylation is 3. The lowest BCUT2D eigenvalue weighted by Gasteiger charge is -2.18. The number of carbonyl (C=O) groups is 1. The summed E-state index contributed by atoms with van der Waals surface area (Å²) >= 11 is 0. The van der Waals surface area contributed by atoms with Gasteiger partial charge in [-0.1, -0.05) is 17.7 Å². The van der Waals surface area contributed by atoms with Crippen molar-refractivity contribution in [2.45, 2.75) is 39.5 Å². The van der Waals surface area contributed by atoms with Crippen LogP contribution in [-0.4, -0.2) is 5.97 Å². The SMILES string of the molecule is Cc1ccc(C(=O)Oc2cc(C)cc3oc(=O)c4c(c23)CCCC4)cc1. The molecule has 1 aliphatic rings. The number of hydrogen-bond donors (Lipinski definition) is 0. The maximum atomic E-state index is 12.6. The number of hydrogen-bond acceptors (Lipinski definition) is 4. The van der Waals surface area contributed by atoms with Crippen molar-refractivity contribution >= 4 is 16.9 Å². The van der Waals surface area contributed by atoms with Crippen LogP contribution in [-0.2, 0) is 12.8 Å². The van der Waals surface area contributed by atoms with Gasteiger partial charge in [0.1, 0.15) is 11.3 Å². The molecular weight excluding hydrogens is 328 g/mol. The van der Waals surface area contributed by atoms with Crippen LogP contribution in [0.3, 0.4) is 0 Å². The molecule has 2 aromatic carbocycles. The summed E-state index contributed by atoms with van der Waals surface area (Å²) in [6.07, 6.45) is 3.51. The highest BCUT2D eigenvalue weighted by atomic mass is 16.5. The van der Waals surface area contributed by atoms with Crippen molar-refractivity contribution < 1.29 is 13.9 Å². The largest absolute Gasteiger partial charge is 0.422 e. The molecule has 132 valence electrons. The minimum atomic E-state index is -0.410. The maximum Gasteiger partial charge on any atom is 0.343 e. The molecule has 4 heteroatoms. The van der Waals surface area contributed by atoms with E-state index < -0.39 is 5.97 Å². The number of rotatable bonds is 2. The smallest absolute Gasteiger partial charge is 0.343 e. The van der Waals surface area contributed by atoms with Crippen molar-refractivity contribution in [2.24, 2.45) is 0 Å². The van der Waals surface area contributed by atoms with E-state index in [0.29, 0.717) is 23.3 Å². The topological polar surface area (TPSA) is 56.5 Å². The molecule has 0 radical (unpaired) electrons. The predicted molar refractivity (Wildman–Crippen MR) is 100 cm³/mol. The fourth-order valence-electron chi connectivity index (χ4n) is 3.60. The van der Waals surface area contributed by atoms with Gasteiger partial charge in [-0.2, -0.15) is 0 Å². The molecule has 26 heavy (non-hydrogen) atoms. The van der Waals surface area contributed by atoms with Gasteiger partial charge < -0.3 is 9.15 Å². The van der Waals surface area contributed by atoms with Gasteiger partial charge in [-0.25, -0.2) is 9.59 Å². The Morgan fingerprint density at radius 1 is 0.962 bits per heavy atom. The first-order chi connectivity index (χ1) is 12.5. The minimum Gasteiger partial charge on any atom is -0.422 e. The summed E-state index contributed by atoms with van der Waals surface area (Å²) in [6, 6.07) is 10.9. The second-order valence-corrected chi connectivity index (χ2v) is 6.95. The zero-order valence-electron chi connectivity index (χ0n) is 14.9. The Morgan fingerprint density at radius 3 is 2.38 bits per heavy atom. The molecule has 0 N–H and O–H groups in total. The Kier molecular flexibility index (Phi) is 4.11. The summed E-state index contributed by atoms with van der Waals surface area (Å²) in [5.74, 6) is 0.0557. The third-order valence-electron chi connectivity index (χ3n) is 4.92. The van der Waals surface area contributed by atoms with Crippen LogP contribution in [0.2, 0.25) is 0 Å². The van der Waals surface area contributed by atoms with Crippen molar-refractivity contribution in [1.82, 2.24) is 0 Å². The lowest BCUT2D eigenvalue weighted by molar-refractivity contribution is 0.0737. The predicted octanol–water partition coefficient (Wildman–Crippen LogP) is 4.51. The summed E-state index contributed by atoms with van der Waals surface area (Å²) in [5.41, 5.74) is 4.36. The van der Waals surface area contributed by atoms with E-state index >= 15 is 0 Å². The van der Waals surface area contributed by atoms with Gasteiger partial charge in [0.15, 0.2) is 0 Å². The van der Waals surface area contributed by atoms with Gasteiger partial charge in [0.25, 0.3) is 0 Å². The molecule has 4 nitrogen and oxygen atoms in total. The van der Waals surface area contributed by atoms with E-state index in [-0.39, 0.29) is 5.63 Å². The van der Waals surface area contributed by atoms with Crippen LogP contribution in [0, 0.1) is 13.8 Å². The Bertz CT molecular complexity index is 1060. The van der Waals surface area contributed by atoms with Crippen molar-refractivity contribution in [3.05, 3.63) is 74.6 Å². The average Bonchev–Trinajstić information content (AvgIpc) is 2.62. The summed E-state index contributed by atoms with van der Waals surface area (Å²) in [6.45, 7) is 3.86. The first-order valence-electron chi connectivity index (χ1n) is 8.91. The summed E-state index contributed by atoms with van der Waals surface area (Å²) < 4.78 is 11.3. The van der Waals surface area contributed by atoms with E-state index in [1.165, 1.54) is 0 Å². The Labute approximate surface area is 151 Å². The third-order valence-corrected chi connectivity index (χ3v) is 4.92. The molecule has 1 aromatic heterocycles. The summed E-state index contributed by atoms with van der Waals surface area (Å²) in [5, 5.41) is 0.755. The van der Waals surface area contributed by atoms with E-state index in [1.807, 2.05) is 38.1 Å². The second kappa shape index (κ2) is 6.45. The number of esters is 1. The molecule has 0 saturated carbocycles. The van der Waals surface area contributed by atoms with Crippen LogP contribution in [0.4, 0.5) is 0 Å². The first kappa shape index (κ1) is 16.6. The second-order valence-electron chi connectivity index (χ2n) is 6.95. The van der Waals surface area contributed by atoms with E-state index in [1.54, 1.807) is 12.1 Å². The molecule has 0 atom stereocenters. The molecule has 1 heterocycles. The van der Waals surface area contributed by atoms with Gasteiger partial charge in [0.05, 0.1) is 10.9 Å². The quantitative estimate of drug-likeness (QED) is 0.388. The van der Waals surface area contributed by atoms with Gasteiger partial charge in [-0.05, 0) is 74.9 Å². The molecule has 0 saturated heterocycles. The Balaban J connectivity index is 1.85. The van der Waals surface area contributed by atoms with E-state index in [4.69, 9.17) is 9.15 Å². The van der Waals surface area contributed by atoms with Gasteiger partial charge in [0, 0.05) is 5.56 Å². The van der Waals surface area contributed by atoms with E-state index in [0.717, 1.165) is 46.9 Å². The molecular formula is C22H20O4. The minimum absolute atomic E-state index is 0.270. The van der Waals surface area contributed by atoms with Crippen molar-refractivity contribution in [3.8, 4) is 5.75 Å². The number of carbonyl (C=O) groups excluding carboxylic acids is 1. The normalized spacial score (nSPS) is 13.5. The van der Waals surface area contributed by atoms with Gasteiger partial charge in [0.2, 0.25) is 0 Å². The van der Waals surface area contributed by atoms with Crippen LogP contribution < -0.4 is 10.4 Å². The van der Waals surface area contributed by atoms with E-state index in [2.05, 4.69) is 0 Å². The average molecular weight is 348 g/mol. The molecule has 3 aromatic rings. The van der Waals surface area contributed by atoms with E-state index in [9.17, 15) is 9.59 Å². The molecule has 1 aliphatic carbocycles. The van der Waals surface area contributed by atoms with Gasteiger partial charge in [-0.3, -0.25) is 0 Å². The highest BCUT2D eigenvalue weighted by Crippen LogP contribution is 2.35. The standard InChI is InChI=1S/C22H20O4/c1-13-7-9-15(10-8-13)21(23)25-18-11-14(2)12-19-20(18)16-5-3-4-6-17(16)22(24)26-19/h7-12H,3-6H2,1-2H3. The Morgan fingerprint density at radius 2 is 1.65 bits per heavy atom. The Hall–Kier alpha value is -2.88. The number of benzene rings is 2. The van der Waals surface area contributed by atoms with Crippen LogP contribution in [0.15, 0.2) is 45.6 Å². The van der Waals surface area contributed by atoms with Crippen LogP contribution in [0.5, 0.6) is 5.75 Å². The molecule has 0 unspecified atom stereocenters. The first-order valence-corrected chi connectivity index (χ1v) is 8.91. The fourth-order valence-corrected chi connectivity index (χ4v) is 3.60. The lowest BCUT2D eigenvalue weighted by atomic mass is 9.90. The molecule has 0 aliphatic heterocycles. The monoisotopic (exact) mass is 348 g/mol. The molecule has 0 bridgehead atoms.